The zero-order valence-electron chi connectivity index (χ0n) is 15.3. The number of aromatic nitrogens is 3. The molecule has 3 N–H and O–H groups in total. The van der Waals surface area contributed by atoms with Crippen molar-refractivity contribution in [1.29, 1.82) is 0 Å². The van der Waals surface area contributed by atoms with E-state index in [0.717, 1.165) is 12.1 Å². The standard InChI is InChI=1S/C20H14F3N5O2/c21-10-3-1-9(2-4-10)17-16(11-7-12(22)13(23)8-15(11)25-17)19-27-28-20(30-19)26-14-5-6-24-18(14)29/h1-4,7-8,14,25H,5-6H2,(H,24,29)(H,26,28). The lowest BCUT2D eigenvalue weighted by molar-refractivity contribution is -0.119. The summed E-state index contributed by atoms with van der Waals surface area (Å²) in [6.45, 7) is 0.541. The first-order chi connectivity index (χ1) is 14.5. The third-order valence-corrected chi connectivity index (χ3v) is 4.96. The van der Waals surface area contributed by atoms with E-state index >= 15 is 0 Å². The van der Waals surface area contributed by atoms with Crippen molar-refractivity contribution < 1.29 is 22.4 Å². The van der Waals surface area contributed by atoms with E-state index in [1.807, 2.05) is 0 Å². The molecule has 1 atom stereocenters. The van der Waals surface area contributed by atoms with E-state index in [1.54, 1.807) is 0 Å². The molecule has 0 aliphatic carbocycles. The highest BCUT2D eigenvalue weighted by Crippen LogP contribution is 2.39. The molecule has 1 unspecified atom stereocenters. The van der Waals surface area contributed by atoms with Crippen molar-refractivity contribution in [3.63, 3.8) is 0 Å². The fourth-order valence-electron chi connectivity index (χ4n) is 3.51. The van der Waals surface area contributed by atoms with Gasteiger partial charge in [0.05, 0.1) is 11.3 Å². The number of carbonyl (C=O) groups excluding carboxylic acids is 1. The highest BCUT2D eigenvalue weighted by atomic mass is 19.2. The van der Waals surface area contributed by atoms with Crippen LogP contribution in [-0.2, 0) is 4.79 Å². The van der Waals surface area contributed by atoms with Crippen LogP contribution in [0.3, 0.4) is 0 Å². The van der Waals surface area contributed by atoms with Gasteiger partial charge < -0.3 is 20.0 Å². The van der Waals surface area contributed by atoms with Crippen LogP contribution >= 0.6 is 0 Å². The number of fused-ring (bicyclic) bond motifs is 1. The predicted octanol–water partition coefficient (Wildman–Crippen LogP) is 3.60. The summed E-state index contributed by atoms with van der Waals surface area (Å²) in [6.07, 6.45) is 0.564. The van der Waals surface area contributed by atoms with Crippen LogP contribution < -0.4 is 10.6 Å². The lowest BCUT2D eigenvalue weighted by atomic mass is 10.0. The van der Waals surface area contributed by atoms with E-state index in [9.17, 15) is 18.0 Å². The molecule has 3 heterocycles. The molecule has 5 rings (SSSR count). The van der Waals surface area contributed by atoms with Gasteiger partial charge in [0.25, 0.3) is 5.89 Å². The Morgan fingerprint density at radius 3 is 2.57 bits per heavy atom. The normalized spacial score (nSPS) is 16.2. The van der Waals surface area contributed by atoms with Crippen molar-refractivity contribution in [1.82, 2.24) is 20.5 Å². The van der Waals surface area contributed by atoms with Crippen molar-refractivity contribution in [2.24, 2.45) is 0 Å². The van der Waals surface area contributed by atoms with Gasteiger partial charge in [-0.1, -0.05) is 5.10 Å². The predicted molar refractivity (Wildman–Crippen MR) is 102 cm³/mol. The lowest BCUT2D eigenvalue weighted by Gasteiger charge is -2.05. The number of nitrogens with one attached hydrogen (secondary N) is 3. The number of aromatic amines is 1. The second-order valence-corrected chi connectivity index (χ2v) is 6.88. The monoisotopic (exact) mass is 413 g/mol. The average Bonchev–Trinajstić information content (AvgIpc) is 3.43. The maximum Gasteiger partial charge on any atom is 0.316 e. The van der Waals surface area contributed by atoms with Crippen LogP contribution in [0.5, 0.6) is 0 Å². The first-order valence-electron chi connectivity index (χ1n) is 9.14. The molecule has 152 valence electrons. The third kappa shape index (κ3) is 3.06. The highest BCUT2D eigenvalue weighted by molar-refractivity contribution is 6.02. The van der Waals surface area contributed by atoms with Gasteiger partial charge in [-0.05, 0) is 42.3 Å². The van der Waals surface area contributed by atoms with E-state index < -0.39 is 23.5 Å². The molecule has 10 heteroatoms. The van der Waals surface area contributed by atoms with Crippen LogP contribution in [-0.4, -0.2) is 33.7 Å². The summed E-state index contributed by atoms with van der Waals surface area (Å²) in [4.78, 5) is 14.8. The number of rotatable bonds is 4. The molecule has 0 radical (unpaired) electrons. The second kappa shape index (κ2) is 6.90. The number of anilines is 1. The minimum Gasteiger partial charge on any atom is -0.403 e. The van der Waals surface area contributed by atoms with Gasteiger partial charge in [0.2, 0.25) is 5.91 Å². The van der Waals surface area contributed by atoms with Crippen molar-refractivity contribution in [2.75, 3.05) is 11.9 Å². The van der Waals surface area contributed by atoms with Crippen LogP contribution in [0.1, 0.15) is 6.42 Å². The van der Waals surface area contributed by atoms with Crippen molar-refractivity contribution in [3.05, 3.63) is 53.8 Å². The summed E-state index contributed by atoms with van der Waals surface area (Å²) in [5, 5.41) is 13.8. The fourth-order valence-corrected chi connectivity index (χ4v) is 3.51. The molecule has 7 nitrogen and oxygen atoms in total. The molecule has 4 aromatic rings. The Hall–Kier alpha value is -3.82. The van der Waals surface area contributed by atoms with Gasteiger partial charge in [0, 0.05) is 23.5 Å². The number of carbonyl (C=O) groups is 1. The second-order valence-electron chi connectivity index (χ2n) is 6.88. The smallest absolute Gasteiger partial charge is 0.316 e. The number of benzene rings is 2. The molecule has 0 saturated carbocycles. The minimum atomic E-state index is -1.03. The molecule has 0 bridgehead atoms. The maximum absolute atomic E-state index is 14.0. The van der Waals surface area contributed by atoms with E-state index in [-0.39, 0.29) is 17.8 Å². The number of H-pyrrole nitrogens is 1. The van der Waals surface area contributed by atoms with Gasteiger partial charge in [0.1, 0.15) is 11.9 Å². The fraction of sp³-hybridized carbons (Fsp3) is 0.150. The molecular weight excluding hydrogens is 399 g/mol. The molecular formula is C20H14F3N5O2. The molecule has 1 aliphatic rings. The number of hydrogen-bond acceptors (Lipinski definition) is 5. The molecule has 2 aromatic carbocycles. The lowest BCUT2D eigenvalue weighted by Crippen LogP contribution is -2.29. The Balaban J connectivity index is 1.63. The summed E-state index contributed by atoms with van der Waals surface area (Å²) in [5.41, 5.74) is 1.65. The largest absolute Gasteiger partial charge is 0.403 e. The van der Waals surface area contributed by atoms with Crippen molar-refractivity contribution >= 4 is 22.8 Å². The van der Waals surface area contributed by atoms with Crippen molar-refractivity contribution in [2.45, 2.75) is 12.5 Å². The van der Waals surface area contributed by atoms with E-state index in [4.69, 9.17) is 4.42 Å². The van der Waals surface area contributed by atoms with Crippen LogP contribution in [0.4, 0.5) is 19.2 Å². The maximum atomic E-state index is 14.0. The summed E-state index contributed by atoms with van der Waals surface area (Å²) in [7, 11) is 0. The average molecular weight is 413 g/mol. The minimum absolute atomic E-state index is 0.0223. The topological polar surface area (TPSA) is 95.8 Å². The summed E-state index contributed by atoms with van der Waals surface area (Å²) in [6, 6.07) is 7.17. The Kier molecular flexibility index (Phi) is 4.19. The molecule has 30 heavy (non-hydrogen) atoms. The quantitative estimate of drug-likeness (QED) is 0.475. The molecule has 1 aliphatic heterocycles. The van der Waals surface area contributed by atoms with Gasteiger partial charge in [-0.3, -0.25) is 4.79 Å². The van der Waals surface area contributed by atoms with Gasteiger partial charge in [0.15, 0.2) is 11.6 Å². The Morgan fingerprint density at radius 1 is 1.07 bits per heavy atom. The van der Waals surface area contributed by atoms with E-state index in [2.05, 4.69) is 25.8 Å². The summed E-state index contributed by atoms with van der Waals surface area (Å²) >= 11 is 0. The number of nitrogens with zero attached hydrogens (tertiary/aromatic N) is 2. The SMILES string of the molecule is O=C1NCCC1Nc1nnc(-c2c(-c3ccc(F)cc3)[nH]c3cc(F)c(F)cc23)o1. The molecule has 1 saturated heterocycles. The first kappa shape index (κ1) is 18.2. The summed E-state index contributed by atoms with van der Waals surface area (Å²) in [5.74, 6) is -2.61. The molecule has 1 amide bonds. The number of halogens is 3. The van der Waals surface area contributed by atoms with Gasteiger partial charge in [-0.15, -0.1) is 5.10 Å². The van der Waals surface area contributed by atoms with Crippen LogP contribution in [0.15, 0.2) is 40.8 Å². The third-order valence-electron chi connectivity index (χ3n) is 4.96. The number of amides is 1. The Labute approximate surface area is 167 Å². The van der Waals surface area contributed by atoms with Crippen LogP contribution in [0.25, 0.3) is 33.6 Å². The van der Waals surface area contributed by atoms with E-state index in [0.29, 0.717) is 40.7 Å². The van der Waals surface area contributed by atoms with E-state index in [1.165, 1.54) is 24.3 Å². The van der Waals surface area contributed by atoms with Gasteiger partial charge in [-0.25, -0.2) is 13.2 Å². The number of hydrogen-bond donors (Lipinski definition) is 3. The summed E-state index contributed by atoms with van der Waals surface area (Å²) < 4.78 is 46.8. The van der Waals surface area contributed by atoms with Crippen molar-refractivity contribution in [3.8, 4) is 22.7 Å². The Morgan fingerprint density at radius 2 is 1.83 bits per heavy atom. The van der Waals surface area contributed by atoms with Gasteiger partial charge in [-0.2, -0.15) is 0 Å². The molecule has 1 fully saturated rings. The first-order valence-corrected chi connectivity index (χ1v) is 9.14. The molecule has 2 aromatic heterocycles. The zero-order chi connectivity index (χ0) is 20.8. The van der Waals surface area contributed by atoms with Crippen LogP contribution in [0.2, 0.25) is 0 Å². The zero-order valence-corrected chi connectivity index (χ0v) is 15.3. The highest BCUT2D eigenvalue weighted by Gasteiger charge is 2.27. The Bertz CT molecular complexity index is 1270. The van der Waals surface area contributed by atoms with Crippen LogP contribution in [0, 0.1) is 17.5 Å². The van der Waals surface area contributed by atoms with Gasteiger partial charge >= 0.3 is 6.01 Å². The molecule has 0 spiro atoms.